The summed E-state index contributed by atoms with van der Waals surface area (Å²) in [6.07, 6.45) is 3.20. The maximum absolute atomic E-state index is 12.9. The van der Waals surface area contributed by atoms with Crippen LogP contribution in [0.5, 0.6) is 0 Å². The molecule has 6 heteroatoms. The van der Waals surface area contributed by atoms with Crippen molar-refractivity contribution in [2.24, 2.45) is 0 Å². The van der Waals surface area contributed by atoms with Gasteiger partial charge in [0.2, 0.25) is 5.91 Å². The van der Waals surface area contributed by atoms with Crippen molar-refractivity contribution in [2.75, 3.05) is 25.1 Å². The fourth-order valence-corrected chi connectivity index (χ4v) is 3.58. The van der Waals surface area contributed by atoms with Crippen LogP contribution in [0.15, 0.2) is 18.2 Å². The molecule has 2 amide bonds. The summed E-state index contributed by atoms with van der Waals surface area (Å²) in [5.74, 6) is -0.490. The molecular formula is C18H22N2O4. The number of ether oxygens (including phenoxy) is 1. The molecule has 0 aliphatic carbocycles. The standard InChI is InChI=1S/C18H22N2O4/c1-12(21)19-10-8-13-11-14(6-7-15(13)19)17(22)20-9-4-3-5-16(20)18(23)24-2/h6-7,11,16H,3-5,8-10H2,1-2H3. The summed E-state index contributed by atoms with van der Waals surface area (Å²) in [4.78, 5) is 39.8. The van der Waals surface area contributed by atoms with Gasteiger partial charge in [0.25, 0.3) is 5.91 Å². The third-order valence-electron chi connectivity index (χ3n) is 4.84. The largest absolute Gasteiger partial charge is 0.467 e. The second kappa shape index (κ2) is 6.63. The number of rotatable bonds is 2. The predicted octanol–water partition coefficient (Wildman–Crippen LogP) is 1.76. The maximum Gasteiger partial charge on any atom is 0.328 e. The molecule has 1 saturated heterocycles. The van der Waals surface area contributed by atoms with Gasteiger partial charge in [-0.2, -0.15) is 0 Å². The number of nitrogens with zero attached hydrogens (tertiary/aromatic N) is 2. The van der Waals surface area contributed by atoms with E-state index in [1.165, 1.54) is 7.11 Å². The van der Waals surface area contributed by atoms with Gasteiger partial charge in [-0.15, -0.1) is 0 Å². The fourth-order valence-electron chi connectivity index (χ4n) is 3.58. The van der Waals surface area contributed by atoms with Gasteiger partial charge in [-0.1, -0.05) is 0 Å². The second-order valence-corrected chi connectivity index (χ2v) is 6.30. The number of piperidine rings is 1. The molecule has 2 aliphatic rings. The Bertz CT molecular complexity index is 686. The first kappa shape index (κ1) is 16.5. The molecule has 1 atom stereocenters. The van der Waals surface area contributed by atoms with Crippen LogP contribution in [0.25, 0.3) is 0 Å². The molecule has 3 rings (SSSR count). The van der Waals surface area contributed by atoms with Crippen LogP contribution in [0.4, 0.5) is 5.69 Å². The fraction of sp³-hybridized carbons (Fsp3) is 0.500. The number of likely N-dealkylation sites (tertiary alicyclic amines) is 1. The molecule has 0 bridgehead atoms. The Morgan fingerprint density at radius 1 is 1.17 bits per heavy atom. The lowest BCUT2D eigenvalue weighted by atomic mass is 10.00. The molecule has 6 nitrogen and oxygen atoms in total. The van der Waals surface area contributed by atoms with E-state index in [0.29, 0.717) is 25.1 Å². The molecule has 0 spiro atoms. The minimum Gasteiger partial charge on any atom is -0.467 e. The summed E-state index contributed by atoms with van der Waals surface area (Å²) < 4.78 is 4.84. The lowest BCUT2D eigenvalue weighted by Gasteiger charge is -2.33. The Balaban J connectivity index is 1.85. The number of carbonyl (C=O) groups excluding carboxylic acids is 3. The first-order chi connectivity index (χ1) is 11.5. The Kier molecular flexibility index (Phi) is 4.55. The number of carbonyl (C=O) groups is 3. The van der Waals surface area contributed by atoms with Gasteiger partial charge in [0.05, 0.1) is 7.11 Å². The van der Waals surface area contributed by atoms with Gasteiger partial charge >= 0.3 is 5.97 Å². The molecule has 0 saturated carbocycles. The predicted molar refractivity (Wildman–Crippen MR) is 88.9 cm³/mol. The molecule has 2 aliphatic heterocycles. The molecule has 1 aromatic carbocycles. The molecule has 1 unspecified atom stereocenters. The van der Waals surface area contributed by atoms with Gasteiger partial charge < -0.3 is 14.5 Å². The van der Waals surface area contributed by atoms with Crippen molar-refractivity contribution < 1.29 is 19.1 Å². The number of hydrogen-bond acceptors (Lipinski definition) is 4. The molecule has 128 valence electrons. The second-order valence-electron chi connectivity index (χ2n) is 6.30. The Morgan fingerprint density at radius 2 is 1.96 bits per heavy atom. The van der Waals surface area contributed by atoms with Gasteiger partial charge in [0, 0.05) is 31.3 Å². The van der Waals surface area contributed by atoms with Crippen LogP contribution in [-0.2, 0) is 20.7 Å². The van der Waals surface area contributed by atoms with Gasteiger partial charge in [-0.25, -0.2) is 4.79 Å². The SMILES string of the molecule is COC(=O)C1CCCCN1C(=O)c1ccc2c(c1)CCN2C(C)=O. The molecule has 2 heterocycles. The van der Waals surface area contributed by atoms with E-state index < -0.39 is 6.04 Å². The van der Waals surface area contributed by atoms with Gasteiger partial charge in [-0.3, -0.25) is 9.59 Å². The van der Waals surface area contributed by atoms with Gasteiger partial charge in [0.1, 0.15) is 6.04 Å². The molecular weight excluding hydrogens is 308 g/mol. The zero-order valence-electron chi connectivity index (χ0n) is 14.1. The van der Waals surface area contributed by atoms with E-state index in [9.17, 15) is 14.4 Å². The summed E-state index contributed by atoms with van der Waals surface area (Å²) in [7, 11) is 1.35. The third kappa shape index (κ3) is 2.88. The molecule has 1 aromatic rings. The highest BCUT2D eigenvalue weighted by Gasteiger charge is 2.34. The summed E-state index contributed by atoms with van der Waals surface area (Å²) in [6.45, 7) is 2.76. The van der Waals surface area contributed by atoms with Crippen LogP contribution >= 0.6 is 0 Å². The first-order valence-corrected chi connectivity index (χ1v) is 8.32. The van der Waals surface area contributed by atoms with Crippen LogP contribution in [0.1, 0.15) is 42.1 Å². The van der Waals surface area contributed by atoms with E-state index in [1.807, 2.05) is 12.1 Å². The molecule has 0 aromatic heterocycles. The maximum atomic E-state index is 12.9. The van der Waals surface area contributed by atoms with Crippen LogP contribution in [0.3, 0.4) is 0 Å². The molecule has 1 fully saturated rings. The van der Waals surface area contributed by atoms with Crippen LogP contribution < -0.4 is 4.90 Å². The highest BCUT2D eigenvalue weighted by molar-refractivity contribution is 5.99. The normalized spacial score (nSPS) is 19.8. The Morgan fingerprint density at radius 3 is 2.67 bits per heavy atom. The number of benzene rings is 1. The van der Waals surface area contributed by atoms with Crippen molar-refractivity contribution >= 4 is 23.5 Å². The molecule has 0 radical (unpaired) electrons. The van der Waals surface area contributed by atoms with Crippen molar-refractivity contribution in [1.29, 1.82) is 0 Å². The van der Waals surface area contributed by atoms with E-state index in [4.69, 9.17) is 4.74 Å². The van der Waals surface area contributed by atoms with Gasteiger partial charge in [-0.05, 0) is 49.4 Å². The quantitative estimate of drug-likeness (QED) is 0.775. The lowest BCUT2D eigenvalue weighted by Crippen LogP contribution is -2.48. The van der Waals surface area contributed by atoms with E-state index in [2.05, 4.69) is 0 Å². The molecule has 24 heavy (non-hydrogen) atoms. The number of methoxy groups -OCH3 is 1. The number of hydrogen-bond donors (Lipinski definition) is 0. The van der Waals surface area contributed by atoms with Crippen molar-refractivity contribution in [2.45, 2.75) is 38.6 Å². The summed E-state index contributed by atoms with van der Waals surface area (Å²) in [5, 5.41) is 0. The number of amides is 2. The Labute approximate surface area is 141 Å². The van der Waals surface area contributed by atoms with E-state index >= 15 is 0 Å². The number of fused-ring (bicyclic) bond motifs is 1. The monoisotopic (exact) mass is 330 g/mol. The van der Waals surface area contributed by atoms with E-state index in [-0.39, 0.29) is 17.8 Å². The number of anilines is 1. The Hall–Kier alpha value is -2.37. The average Bonchev–Trinajstić information content (AvgIpc) is 3.03. The van der Waals surface area contributed by atoms with Crippen LogP contribution in [0.2, 0.25) is 0 Å². The minimum absolute atomic E-state index is 0.00890. The topological polar surface area (TPSA) is 66.9 Å². The smallest absolute Gasteiger partial charge is 0.328 e. The highest BCUT2D eigenvalue weighted by atomic mass is 16.5. The van der Waals surface area contributed by atoms with Crippen LogP contribution in [-0.4, -0.2) is 48.9 Å². The number of esters is 1. The molecule has 0 N–H and O–H groups in total. The van der Waals surface area contributed by atoms with Crippen molar-refractivity contribution in [3.63, 3.8) is 0 Å². The zero-order valence-corrected chi connectivity index (χ0v) is 14.1. The summed E-state index contributed by atoms with van der Waals surface area (Å²) in [5.41, 5.74) is 2.44. The average molecular weight is 330 g/mol. The summed E-state index contributed by atoms with van der Waals surface area (Å²) >= 11 is 0. The zero-order chi connectivity index (χ0) is 17.3. The summed E-state index contributed by atoms with van der Waals surface area (Å²) in [6, 6.07) is 4.92. The first-order valence-electron chi connectivity index (χ1n) is 8.32. The van der Waals surface area contributed by atoms with Crippen LogP contribution in [0, 0.1) is 0 Å². The van der Waals surface area contributed by atoms with Crippen molar-refractivity contribution in [3.05, 3.63) is 29.3 Å². The van der Waals surface area contributed by atoms with Crippen molar-refractivity contribution in [1.82, 2.24) is 4.90 Å². The lowest BCUT2D eigenvalue weighted by molar-refractivity contribution is -0.147. The van der Waals surface area contributed by atoms with E-state index in [1.54, 1.807) is 22.8 Å². The highest BCUT2D eigenvalue weighted by Crippen LogP contribution is 2.30. The van der Waals surface area contributed by atoms with Gasteiger partial charge in [0.15, 0.2) is 0 Å². The van der Waals surface area contributed by atoms with E-state index in [0.717, 1.165) is 30.5 Å². The minimum atomic E-state index is -0.502. The third-order valence-corrected chi connectivity index (χ3v) is 4.84. The van der Waals surface area contributed by atoms with Crippen molar-refractivity contribution in [3.8, 4) is 0 Å².